The van der Waals surface area contributed by atoms with Crippen molar-refractivity contribution in [2.24, 2.45) is 5.10 Å². The van der Waals surface area contributed by atoms with Gasteiger partial charge in [0.25, 0.3) is 0 Å². The standard InChI is InChI=1S/C21H27N7O2/c1-17(15-18-5-3-2-4-6-18)16-22-26-19-23-20(27-7-11-29-12-8-27)25-21(24-19)28-9-13-30-14-10-28/h2-6,15-16H,7-14H2,1H3,(H,23,24,25,26). The maximum absolute atomic E-state index is 5.45. The Balaban J connectivity index is 1.51. The van der Waals surface area contributed by atoms with E-state index in [1.54, 1.807) is 6.21 Å². The molecule has 0 unspecified atom stereocenters. The van der Waals surface area contributed by atoms with Gasteiger partial charge in [0.05, 0.1) is 32.6 Å². The minimum Gasteiger partial charge on any atom is -0.378 e. The number of hydrazone groups is 1. The molecule has 1 N–H and O–H groups in total. The molecule has 2 aliphatic heterocycles. The van der Waals surface area contributed by atoms with Gasteiger partial charge in [-0.25, -0.2) is 5.43 Å². The van der Waals surface area contributed by atoms with E-state index >= 15 is 0 Å². The number of nitrogens with zero attached hydrogens (tertiary/aromatic N) is 6. The molecule has 1 aromatic carbocycles. The van der Waals surface area contributed by atoms with Gasteiger partial charge in [-0.15, -0.1) is 0 Å². The number of hydrogen-bond donors (Lipinski definition) is 1. The average molecular weight is 409 g/mol. The summed E-state index contributed by atoms with van der Waals surface area (Å²) in [4.78, 5) is 18.1. The van der Waals surface area contributed by atoms with Crippen LogP contribution in [-0.4, -0.2) is 73.8 Å². The number of aromatic nitrogens is 3. The SMILES string of the molecule is CC(C=NNc1nc(N2CCOCC2)nc(N2CCOCC2)n1)=Cc1ccccc1. The van der Waals surface area contributed by atoms with E-state index in [2.05, 4.69) is 48.5 Å². The number of hydrogen-bond acceptors (Lipinski definition) is 9. The first kappa shape index (κ1) is 20.2. The molecule has 158 valence electrons. The van der Waals surface area contributed by atoms with Gasteiger partial charge >= 0.3 is 0 Å². The van der Waals surface area contributed by atoms with Crippen LogP contribution >= 0.6 is 0 Å². The third-order valence-corrected chi connectivity index (χ3v) is 4.83. The normalized spacial score (nSPS) is 18.1. The first-order chi connectivity index (χ1) is 14.8. The molecule has 9 nitrogen and oxygen atoms in total. The van der Waals surface area contributed by atoms with Crippen LogP contribution in [0.25, 0.3) is 6.08 Å². The molecular formula is C21H27N7O2. The Kier molecular flexibility index (Phi) is 6.83. The average Bonchev–Trinajstić information content (AvgIpc) is 2.81. The number of benzene rings is 1. The van der Waals surface area contributed by atoms with E-state index in [0.717, 1.165) is 37.3 Å². The summed E-state index contributed by atoms with van der Waals surface area (Å²) in [6.07, 6.45) is 3.83. The van der Waals surface area contributed by atoms with Gasteiger partial charge in [-0.05, 0) is 18.1 Å². The lowest BCUT2D eigenvalue weighted by Crippen LogP contribution is -2.40. The lowest BCUT2D eigenvalue weighted by molar-refractivity contribution is 0.121. The lowest BCUT2D eigenvalue weighted by Gasteiger charge is -2.30. The fourth-order valence-electron chi connectivity index (χ4n) is 3.25. The van der Waals surface area contributed by atoms with Gasteiger partial charge in [0.1, 0.15) is 0 Å². The lowest BCUT2D eigenvalue weighted by atomic mass is 10.1. The summed E-state index contributed by atoms with van der Waals surface area (Å²) in [6.45, 7) is 7.71. The molecule has 2 saturated heterocycles. The molecule has 0 radical (unpaired) electrons. The zero-order valence-corrected chi connectivity index (χ0v) is 17.2. The zero-order chi connectivity index (χ0) is 20.6. The highest BCUT2D eigenvalue weighted by molar-refractivity contribution is 5.85. The summed E-state index contributed by atoms with van der Waals surface area (Å²) < 4.78 is 10.9. The van der Waals surface area contributed by atoms with Gasteiger partial charge in [0.15, 0.2) is 0 Å². The topological polar surface area (TPSA) is 88.0 Å². The minimum absolute atomic E-state index is 0.428. The van der Waals surface area contributed by atoms with Gasteiger partial charge in [-0.1, -0.05) is 36.4 Å². The van der Waals surface area contributed by atoms with Crippen molar-refractivity contribution in [3.63, 3.8) is 0 Å². The minimum atomic E-state index is 0.428. The molecule has 9 heteroatoms. The van der Waals surface area contributed by atoms with Crippen LogP contribution in [0.4, 0.5) is 17.8 Å². The molecule has 0 atom stereocenters. The smallest absolute Gasteiger partial charge is 0.250 e. The fraction of sp³-hybridized carbons (Fsp3) is 0.429. The first-order valence-corrected chi connectivity index (χ1v) is 10.2. The van der Waals surface area contributed by atoms with Crippen LogP contribution in [-0.2, 0) is 9.47 Å². The molecule has 2 aromatic rings. The number of anilines is 3. The van der Waals surface area contributed by atoms with Crippen molar-refractivity contribution >= 4 is 30.1 Å². The molecule has 4 rings (SSSR count). The summed E-state index contributed by atoms with van der Waals surface area (Å²) in [5.41, 5.74) is 5.12. The third-order valence-electron chi connectivity index (χ3n) is 4.83. The van der Waals surface area contributed by atoms with Crippen LogP contribution in [0.1, 0.15) is 12.5 Å². The van der Waals surface area contributed by atoms with Crippen molar-refractivity contribution < 1.29 is 9.47 Å². The van der Waals surface area contributed by atoms with Crippen molar-refractivity contribution in [1.29, 1.82) is 0 Å². The maximum Gasteiger partial charge on any atom is 0.250 e. The molecule has 1 aromatic heterocycles. The predicted octanol–water partition coefficient (Wildman–Crippen LogP) is 2.05. The van der Waals surface area contributed by atoms with Gasteiger partial charge in [-0.2, -0.15) is 20.1 Å². The summed E-state index contributed by atoms with van der Waals surface area (Å²) in [5.74, 6) is 1.71. The highest BCUT2D eigenvalue weighted by Gasteiger charge is 2.20. The van der Waals surface area contributed by atoms with Crippen molar-refractivity contribution in [1.82, 2.24) is 15.0 Å². The first-order valence-electron chi connectivity index (χ1n) is 10.2. The Labute approximate surface area is 176 Å². The van der Waals surface area contributed by atoms with Crippen molar-refractivity contribution in [3.8, 4) is 0 Å². The predicted molar refractivity (Wildman–Crippen MR) is 118 cm³/mol. The Bertz CT molecular complexity index is 840. The van der Waals surface area contributed by atoms with Gasteiger partial charge in [0, 0.05) is 26.2 Å². The zero-order valence-electron chi connectivity index (χ0n) is 17.2. The largest absolute Gasteiger partial charge is 0.378 e. The molecular weight excluding hydrogens is 382 g/mol. The fourth-order valence-corrected chi connectivity index (χ4v) is 3.25. The van der Waals surface area contributed by atoms with Gasteiger partial charge < -0.3 is 19.3 Å². The molecule has 2 fully saturated rings. The van der Waals surface area contributed by atoms with Crippen LogP contribution in [0.2, 0.25) is 0 Å². The molecule has 0 amide bonds. The molecule has 2 aliphatic rings. The van der Waals surface area contributed by atoms with E-state index in [-0.39, 0.29) is 0 Å². The Morgan fingerprint density at radius 3 is 2.03 bits per heavy atom. The summed E-state index contributed by atoms with van der Waals surface area (Å²) in [7, 11) is 0. The van der Waals surface area contributed by atoms with E-state index in [0.29, 0.717) is 44.3 Å². The van der Waals surface area contributed by atoms with E-state index in [1.165, 1.54) is 0 Å². The van der Waals surface area contributed by atoms with E-state index in [1.807, 2.05) is 25.1 Å². The van der Waals surface area contributed by atoms with Crippen molar-refractivity contribution in [2.75, 3.05) is 67.8 Å². The quantitative estimate of drug-likeness (QED) is 0.573. The third kappa shape index (κ3) is 5.52. The van der Waals surface area contributed by atoms with E-state index in [4.69, 9.17) is 14.5 Å². The van der Waals surface area contributed by atoms with Crippen LogP contribution in [0, 0.1) is 0 Å². The molecule has 0 bridgehead atoms. The Morgan fingerprint density at radius 2 is 1.47 bits per heavy atom. The van der Waals surface area contributed by atoms with Gasteiger partial charge in [-0.3, -0.25) is 0 Å². The molecule has 3 heterocycles. The number of allylic oxidation sites excluding steroid dienone is 1. The van der Waals surface area contributed by atoms with Crippen molar-refractivity contribution in [3.05, 3.63) is 41.5 Å². The highest BCUT2D eigenvalue weighted by atomic mass is 16.5. The highest BCUT2D eigenvalue weighted by Crippen LogP contribution is 2.18. The second kappa shape index (κ2) is 10.1. The number of ether oxygens (including phenoxy) is 2. The number of nitrogens with one attached hydrogen (secondary N) is 1. The van der Waals surface area contributed by atoms with E-state index < -0.39 is 0 Å². The van der Waals surface area contributed by atoms with Crippen LogP contribution < -0.4 is 15.2 Å². The van der Waals surface area contributed by atoms with Crippen LogP contribution in [0.5, 0.6) is 0 Å². The monoisotopic (exact) mass is 409 g/mol. The van der Waals surface area contributed by atoms with Crippen LogP contribution in [0.3, 0.4) is 0 Å². The van der Waals surface area contributed by atoms with Crippen molar-refractivity contribution in [2.45, 2.75) is 6.92 Å². The molecule has 0 spiro atoms. The maximum atomic E-state index is 5.45. The number of rotatable bonds is 6. The second-order valence-corrected chi connectivity index (χ2v) is 7.13. The summed E-state index contributed by atoms with van der Waals surface area (Å²) in [5, 5.41) is 4.33. The molecule has 0 saturated carbocycles. The Hall–Kier alpha value is -3.04. The summed E-state index contributed by atoms with van der Waals surface area (Å²) in [6, 6.07) is 10.1. The van der Waals surface area contributed by atoms with E-state index in [9.17, 15) is 0 Å². The van der Waals surface area contributed by atoms with Gasteiger partial charge in [0.2, 0.25) is 17.8 Å². The Morgan fingerprint density at radius 1 is 0.900 bits per heavy atom. The molecule has 0 aliphatic carbocycles. The number of morpholine rings is 2. The van der Waals surface area contributed by atoms with Crippen LogP contribution in [0.15, 0.2) is 41.0 Å². The molecule has 30 heavy (non-hydrogen) atoms. The summed E-state index contributed by atoms with van der Waals surface area (Å²) >= 11 is 0. The second-order valence-electron chi connectivity index (χ2n) is 7.13.